The summed E-state index contributed by atoms with van der Waals surface area (Å²) in [7, 11) is 2.58. The molecule has 0 saturated carbocycles. The van der Waals surface area contributed by atoms with Crippen molar-refractivity contribution in [2.45, 2.75) is 19.0 Å². The molecule has 0 unspecified atom stereocenters. The minimum atomic E-state index is -4.40. The Kier molecular flexibility index (Phi) is 5.31. The van der Waals surface area contributed by atoms with Crippen LogP contribution in [-0.4, -0.2) is 26.4 Å². The van der Waals surface area contributed by atoms with Gasteiger partial charge >= 0.3 is 6.18 Å². The SMILES string of the molecule is COC(OC)C(=O)NCc1cccc(C(F)(F)F)c1. The lowest BCUT2D eigenvalue weighted by molar-refractivity contribution is -0.159. The summed E-state index contributed by atoms with van der Waals surface area (Å²) in [5.74, 6) is -0.553. The first-order valence-corrected chi connectivity index (χ1v) is 5.38. The zero-order chi connectivity index (χ0) is 14.5. The van der Waals surface area contributed by atoms with E-state index in [1.807, 2.05) is 0 Å². The van der Waals surface area contributed by atoms with Crippen LogP contribution in [0, 0.1) is 0 Å². The molecule has 0 spiro atoms. The van der Waals surface area contributed by atoms with E-state index in [9.17, 15) is 18.0 Å². The molecule has 0 aliphatic carbocycles. The lowest BCUT2D eigenvalue weighted by Gasteiger charge is -2.14. The van der Waals surface area contributed by atoms with Crippen LogP contribution < -0.4 is 5.32 Å². The van der Waals surface area contributed by atoms with Crippen molar-refractivity contribution in [3.05, 3.63) is 35.4 Å². The second-order valence-corrected chi connectivity index (χ2v) is 3.72. The number of rotatable bonds is 5. The second kappa shape index (κ2) is 6.53. The Labute approximate surface area is 108 Å². The Morgan fingerprint density at radius 1 is 1.32 bits per heavy atom. The van der Waals surface area contributed by atoms with Gasteiger partial charge in [-0.15, -0.1) is 0 Å². The maximum Gasteiger partial charge on any atom is 0.416 e. The van der Waals surface area contributed by atoms with Crippen molar-refractivity contribution < 1.29 is 27.4 Å². The van der Waals surface area contributed by atoms with Gasteiger partial charge in [-0.2, -0.15) is 13.2 Å². The van der Waals surface area contributed by atoms with Gasteiger partial charge in [0.1, 0.15) is 0 Å². The molecule has 1 rings (SSSR count). The van der Waals surface area contributed by atoms with Crippen LogP contribution in [0.5, 0.6) is 0 Å². The van der Waals surface area contributed by atoms with Crippen LogP contribution in [0.2, 0.25) is 0 Å². The number of halogens is 3. The Morgan fingerprint density at radius 3 is 2.47 bits per heavy atom. The summed E-state index contributed by atoms with van der Waals surface area (Å²) in [4.78, 5) is 11.5. The quantitative estimate of drug-likeness (QED) is 0.837. The van der Waals surface area contributed by atoms with E-state index in [0.29, 0.717) is 5.56 Å². The standard InChI is InChI=1S/C12H14F3NO3/c1-18-11(19-2)10(17)16-7-8-4-3-5-9(6-8)12(13,14)15/h3-6,11H,7H2,1-2H3,(H,16,17). The van der Waals surface area contributed by atoms with Crippen molar-refractivity contribution in [3.63, 3.8) is 0 Å². The van der Waals surface area contributed by atoms with Crippen LogP contribution in [0.4, 0.5) is 13.2 Å². The number of hydrogen-bond acceptors (Lipinski definition) is 3. The van der Waals surface area contributed by atoms with Gasteiger partial charge in [0.15, 0.2) is 0 Å². The van der Waals surface area contributed by atoms with Gasteiger partial charge in [-0.25, -0.2) is 0 Å². The van der Waals surface area contributed by atoms with Crippen molar-refractivity contribution >= 4 is 5.91 Å². The number of ether oxygens (including phenoxy) is 2. The second-order valence-electron chi connectivity index (χ2n) is 3.72. The minimum absolute atomic E-state index is 0.0357. The molecule has 4 nitrogen and oxygen atoms in total. The van der Waals surface area contributed by atoms with Crippen molar-refractivity contribution in [2.24, 2.45) is 0 Å². The fraction of sp³-hybridized carbons (Fsp3) is 0.417. The van der Waals surface area contributed by atoms with Crippen LogP contribution in [-0.2, 0) is 27.0 Å². The van der Waals surface area contributed by atoms with Crippen LogP contribution in [0.25, 0.3) is 0 Å². The molecule has 0 fully saturated rings. The highest BCUT2D eigenvalue weighted by molar-refractivity contribution is 5.79. The first-order valence-electron chi connectivity index (χ1n) is 5.38. The highest BCUT2D eigenvalue weighted by Gasteiger charge is 2.30. The molecule has 106 valence electrons. The van der Waals surface area contributed by atoms with Crippen molar-refractivity contribution in [2.75, 3.05) is 14.2 Å². The molecule has 0 radical (unpaired) electrons. The van der Waals surface area contributed by atoms with Gasteiger partial charge in [-0.05, 0) is 17.7 Å². The van der Waals surface area contributed by atoms with E-state index in [-0.39, 0.29) is 6.54 Å². The van der Waals surface area contributed by atoms with E-state index in [1.54, 1.807) is 0 Å². The molecule has 1 aromatic carbocycles. The molecule has 0 aliphatic rings. The maximum atomic E-state index is 12.5. The van der Waals surface area contributed by atoms with E-state index in [4.69, 9.17) is 9.47 Å². The number of benzene rings is 1. The van der Waals surface area contributed by atoms with Crippen molar-refractivity contribution in [3.8, 4) is 0 Å². The fourth-order valence-electron chi connectivity index (χ4n) is 1.44. The summed E-state index contributed by atoms with van der Waals surface area (Å²) in [5, 5.41) is 2.42. The molecule has 1 amide bonds. The predicted octanol–water partition coefficient (Wildman–Crippen LogP) is 1.94. The molecule has 0 heterocycles. The van der Waals surface area contributed by atoms with Gasteiger partial charge in [0.25, 0.3) is 5.91 Å². The summed E-state index contributed by atoms with van der Waals surface area (Å²) < 4.78 is 46.9. The highest BCUT2D eigenvalue weighted by Crippen LogP contribution is 2.29. The van der Waals surface area contributed by atoms with E-state index in [0.717, 1.165) is 12.1 Å². The Balaban J connectivity index is 2.66. The molecule has 0 saturated heterocycles. The van der Waals surface area contributed by atoms with Crippen LogP contribution in [0.1, 0.15) is 11.1 Å². The van der Waals surface area contributed by atoms with E-state index < -0.39 is 23.9 Å². The first kappa shape index (κ1) is 15.5. The zero-order valence-electron chi connectivity index (χ0n) is 10.5. The summed E-state index contributed by atoms with van der Waals surface area (Å²) in [6.45, 7) is -0.0357. The molecular formula is C12H14F3NO3. The number of amides is 1. The number of alkyl halides is 3. The third kappa shape index (κ3) is 4.53. The van der Waals surface area contributed by atoms with Gasteiger partial charge in [0, 0.05) is 20.8 Å². The zero-order valence-corrected chi connectivity index (χ0v) is 10.5. The van der Waals surface area contributed by atoms with Crippen LogP contribution >= 0.6 is 0 Å². The Bertz CT molecular complexity index is 430. The van der Waals surface area contributed by atoms with E-state index in [2.05, 4.69) is 5.32 Å². The lowest BCUT2D eigenvalue weighted by atomic mass is 10.1. The largest absolute Gasteiger partial charge is 0.416 e. The third-order valence-corrected chi connectivity index (χ3v) is 2.36. The topological polar surface area (TPSA) is 47.6 Å². The average molecular weight is 277 g/mol. The van der Waals surface area contributed by atoms with Crippen molar-refractivity contribution in [1.82, 2.24) is 5.32 Å². The van der Waals surface area contributed by atoms with Crippen LogP contribution in [0.15, 0.2) is 24.3 Å². The molecule has 0 atom stereocenters. The molecule has 1 N–H and O–H groups in total. The monoisotopic (exact) mass is 277 g/mol. The summed E-state index contributed by atoms with van der Waals surface area (Å²) >= 11 is 0. The van der Waals surface area contributed by atoms with E-state index >= 15 is 0 Å². The normalized spacial score (nSPS) is 11.7. The average Bonchev–Trinajstić information content (AvgIpc) is 2.37. The Hall–Kier alpha value is -1.60. The molecule has 1 aromatic rings. The highest BCUT2D eigenvalue weighted by atomic mass is 19.4. The van der Waals surface area contributed by atoms with Gasteiger partial charge in [-0.1, -0.05) is 12.1 Å². The van der Waals surface area contributed by atoms with Crippen molar-refractivity contribution in [1.29, 1.82) is 0 Å². The fourth-order valence-corrected chi connectivity index (χ4v) is 1.44. The molecule has 0 bridgehead atoms. The van der Waals surface area contributed by atoms with Crippen LogP contribution in [0.3, 0.4) is 0 Å². The summed E-state index contributed by atoms with van der Waals surface area (Å²) in [5.41, 5.74) is -0.414. The molecular weight excluding hydrogens is 263 g/mol. The molecule has 19 heavy (non-hydrogen) atoms. The molecule has 7 heteroatoms. The summed E-state index contributed by atoms with van der Waals surface area (Å²) in [6, 6.07) is 4.73. The number of hydrogen-bond donors (Lipinski definition) is 1. The molecule has 0 aliphatic heterocycles. The maximum absolute atomic E-state index is 12.5. The third-order valence-electron chi connectivity index (χ3n) is 2.36. The number of carbonyl (C=O) groups is 1. The van der Waals surface area contributed by atoms with Gasteiger partial charge < -0.3 is 14.8 Å². The predicted molar refractivity (Wildman–Crippen MR) is 61.1 cm³/mol. The number of methoxy groups -OCH3 is 2. The lowest BCUT2D eigenvalue weighted by Crippen LogP contribution is -2.36. The minimum Gasteiger partial charge on any atom is -0.348 e. The van der Waals surface area contributed by atoms with Gasteiger partial charge in [0.2, 0.25) is 6.29 Å². The van der Waals surface area contributed by atoms with Gasteiger partial charge in [-0.3, -0.25) is 4.79 Å². The van der Waals surface area contributed by atoms with E-state index in [1.165, 1.54) is 26.4 Å². The number of nitrogens with one attached hydrogen (secondary N) is 1. The van der Waals surface area contributed by atoms with Gasteiger partial charge in [0.05, 0.1) is 5.56 Å². The smallest absolute Gasteiger partial charge is 0.348 e. The Morgan fingerprint density at radius 2 is 1.95 bits per heavy atom. The number of carbonyl (C=O) groups excluding carboxylic acids is 1. The first-order chi connectivity index (χ1) is 8.88. The molecule has 0 aromatic heterocycles. The summed E-state index contributed by atoms with van der Waals surface area (Å²) in [6.07, 6.45) is -5.48.